The molecule has 0 aromatic heterocycles. The summed E-state index contributed by atoms with van der Waals surface area (Å²) >= 11 is 6.50. The molecular weight excluding hydrogens is 601 g/mol. The van der Waals surface area contributed by atoms with Gasteiger partial charge < -0.3 is 10.2 Å². The van der Waals surface area contributed by atoms with Gasteiger partial charge in [-0.1, -0.05) is 104 Å². The zero-order chi connectivity index (χ0) is 31.5. The van der Waals surface area contributed by atoms with Gasteiger partial charge in [0, 0.05) is 24.5 Å². The Hall–Kier alpha value is -4.21. The topological polar surface area (TPSA) is 86.8 Å². The number of unbranched alkanes of at least 4 members (excludes halogenated alkanes) is 1. The van der Waals surface area contributed by atoms with E-state index in [2.05, 4.69) is 5.32 Å². The van der Waals surface area contributed by atoms with Crippen LogP contribution in [-0.4, -0.2) is 44.3 Å². The Bertz CT molecular complexity index is 1660. The molecule has 0 fully saturated rings. The SMILES string of the molecule is CCCCNC(=O)[C@H](Cc1ccccc1)N(Cc1ccccc1Cl)C(=O)CN(c1ccccc1F)S(=O)(=O)c1ccccc1. The number of sulfonamides is 1. The van der Waals surface area contributed by atoms with Crippen molar-refractivity contribution >= 4 is 39.1 Å². The van der Waals surface area contributed by atoms with Crippen LogP contribution in [0.3, 0.4) is 0 Å². The molecule has 10 heteroatoms. The normalized spacial score (nSPS) is 11.9. The number of rotatable bonds is 14. The number of benzene rings is 4. The molecule has 1 N–H and O–H groups in total. The van der Waals surface area contributed by atoms with Crippen LogP contribution in [0.15, 0.2) is 114 Å². The molecule has 230 valence electrons. The number of halogens is 2. The highest BCUT2D eigenvalue weighted by molar-refractivity contribution is 7.92. The molecule has 7 nitrogen and oxygen atoms in total. The molecule has 1 atom stereocenters. The zero-order valence-corrected chi connectivity index (χ0v) is 26.0. The first-order valence-corrected chi connectivity index (χ1v) is 16.2. The Labute approximate surface area is 263 Å². The summed E-state index contributed by atoms with van der Waals surface area (Å²) in [4.78, 5) is 29.3. The van der Waals surface area contributed by atoms with Crippen LogP contribution in [0.2, 0.25) is 5.02 Å². The second-order valence-corrected chi connectivity index (χ2v) is 12.5. The van der Waals surface area contributed by atoms with Crippen LogP contribution < -0.4 is 9.62 Å². The maximum atomic E-state index is 15.2. The second-order valence-electron chi connectivity index (χ2n) is 10.2. The van der Waals surface area contributed by atoms with Crippen LogP contribution in [0.4, 0.5) is 10.1 Å². The summed E-state index contributed by atoms with van der Waals surface area (Å²) in [6.07, 6.45) is 1.78. The Morgan fingerprint density at radius 2 is 1.48 bits per heavy atom. The minimum atomic E-state index is -4.39. The van der Waals surface area contributed by atoms with Crippen LogP contribution in [0.5, 0.6) is 0 Å². The van der Waals surface area contributed by atoms with E-state index >= 15 is 4.39 Å². The van der Waals surface area contributed by atoms with E-state index in [1.165, 1.54) is 35.2 Å². The lowest BCUT2D eigenvalue weighted by atomic mass is 10.0. The number of carbonyl (C=O) groups excluding carboxylic acids is 2. The predicted octanol–water partition coefficient (Wildman–Crippen LogP) is 6.23. The summed E-state index contributed by atoms with van der Waals surface area (Å²) in [6, 6.07) is 28.1. The lowest BCUT2D eigenvalue weighted by Crippen LogP contribution is -2.53. The molecular formula is C34H35ClFN3O4S. The van der Waals surface area contributed by atoms with Crippen molar-refractivity contribution < 1.29 is 22.4 Å². The Morgan fingerprint density at radius 1 is 0.864 bits per heavy atom. The Kier molecular flexibility index (Phi) is 11.5. The number of carbonyl (C=O) groups is 2. The summed E-state index contributed by atoms with van der Waals surface area (Å²) in [7, 11) is -4.39. The van der Waals surface area contributed by atoms with Crippen molar-refractivity contribution in [1.29, 1.82) is 0 Å². The predicted molar refractivity (Wildman–Crippen MR) is 171 cm³/mol. The summed E-state index contributed by atoms with van der Waals surface area (Å²) in [5.74, 6) is -1.89. The van der Waals surface area contributed by atoms with Gasteiger partial charge in [0.05, 0.1) is 10.6 Å². The van der Waals surface area contributed by atoms with Gasteiger partial charge in [0.2, 0.25) is 11.8 Å². The molecule has 0 spiro atoms. The van der Waals surface area contributed by atoms with Gasteiger partial charge in [-0.25, -0.2) is 12.8 Å². The van der Waals surface area contributed by atoms with Crippen LogP contribution in [0.1, 0.15) is 30.9 Å². The zero-order valence-electron chi connectivity index (χ0n) is 24.4. The molecule has 0 radical (unpaired) electrons. The third-order valence-electron chi connectivity index (χ3n) is 7.13. The van der Waals surface area contributed by atoms with Gasteiger partial charge in [-0.05, 0) is 47.9 Å². The van der Waals surface area contributed by atoms with Gasteiger partial charge in [-0.3, -0.25) is 13.9 Å². The first-order valence-electron chi connectivity index (χ1n) is 14.4. The molecule has 44 heavy (non-hydrogen) atoms. The van der Waals surface area contributed by atoms with Gasteiger partial charge >= 0.3 is 0 Å². The first-order chi connectivity index (χ1) is 21.2. The van der Waals surface area contributed by atoms with Crippen molar-refractivity contribution in [2.45, 2.75) is 43.7 Å². The summed E-state index contributed by atoms with van der Waals surface area (Å²) in [5.41, 5.74) is 1.10. The van der Waals surface area contributed by atoms with E-state index < -0.39 is 34.3 Å². The monoisotopic (exact) mass is 635 g/mol. The molecule has 0 aliphatic heterocycles. The number of nitrogens with one attached hydrogen (secondary N) is 1. The van der Waals surface area contributed by atoms with Crippen LogP contribution >= 0.6 is 11.6 Å². The molecule has 0 unspecified atom stereocenters. The van der Waals surface area contributed by atoms with E-state index in [0.29, 0.717) is 17.1 Å². The largest absolute Gasteiger partial charge is 0.354 e. The molecule has 0 aliphatic rings. The number of para-hydroxylation sites is 1. The third kappa shape index (κ3) is 8.24. The fraction of sp³-hybridized carbons (Fsp3) is 0.235. The van der Waals surface area contributed by atoms with E-state index in [-0.39, 0.29) is 29.5 Å². The first kappa shape index (κ1) is 32.7. The highest BCUT2D eigenvalue weighted by Gasteiger charge is 2.35. The molecule has 0 saturated carbocycles. The highest BCUT2D eigenvalue weighted by atomic mass is 35.5. The van der Waals surface area contributed by atoms with Gasteiger partial charge in [0.15, 0.2) is 0 Å². The number of nitrogens with zero attached hydrogens (tertiary/aromatic N) is 2. The fourth-order valence-electron chi connectivity index (χ4n) is 4.76. The van der Waals surface area contributed by atoms with Crippen LogP contribution in [0, 0.1) is 5.82 Å². The smallest absolute Gasteiger partial charge is 0.264 e. The molecule has 4 aromatic carbocycles. The minimum Gasteiger partial charge on any atom is -0.354 e. The fourth-order valence-corrected chi connectivity index (χ4v) is 6.40. The van der Waals surface area contributed by atoms with Gasteiger partial charge in [0.1, 0.15) is 18.4 Å². The summed E-state index contributed by atoms with van der Waals surface area (Å²) < 4.78 is 43.8. The molecule has 0 aliphatic carbocycles. The minimum absolute atomic E-state index is 0.0757. The molecule has 0 heterocycles. The lowest BCUT2D eigenvalue weighted by molar-refractivity contribution is -0.140. The molecule has 4 rings (SSSR count). The maximum Gasteiger partial charge on any atom is 0.264 e. The highest BCUT2D eigenvalue weighted by Crippen LogP contribution is 2.28. The average Bonchev–Trinajstić information content (AvgIpc) is 3.03. The van der Waals surface area contributed by atoms with Crippen molar-refractivity contribution in [2.75, 3.05) is 17.4 Å². The molecule has 4 aromatic rings. The maximum absolute atomic E-state index is 15.2. The van der Waals surface area contributed by atoms with E-state index in [4.69, 9.17) is 11.6 Å². The van der Waals surface area contributed by atoms with Crippen LogP contribution in [0.25, 0.3) is 0 Å². The van der Waals surface area contributed by atoms with Crippen molar-refractivity contribution in [2.24, 2.45) is 0 Å². The molecule has 0 bridgehead atoms. The Morgan fingerprint density at radius 3 is 2.14 bits per heavy atom. The van der Waals surface area contributed by atoms with E-state index in [9.17, 15) is 18.0 Å². The molecule has 2 amide bonds. The van der Waals surface area contributed by atoms with Gasteiger partial charge in [-0.15, -0.1) is 0 Å². The van der Waals surface area contributed by atoms with Gasteiger partial charge in [-0.2, -0.15) is 0 Å². The van der Waals surface area contributed by atoms with Crippen molar-refractivity contribution in [3.05, 3.63) is 131 Å². The third-order valence-corrected chi connectivity index (χ3v) is 9.27. The summed E-state index contributed by atoms with van der Waals surface area (Å²) in [6.45, 7) is 1.59. The van der Waals surface area contributed by atoms with Gasteiger partial charge in [0.25, 0.3) is 10.0 Å². The average molecular weight is 636 g/mol. The van der Waals surface area contributed by atoms with Crippen molar-refractivity contribution in [3.63, 3.8) is 0 Å². The van der Waals surface area contributed by atoms with E-state index in [0.717, 1.165) is 28.8 Å². The number of hydrogen-bond acceptors (Lipinski definition) is 4. The standard InChI is InChI=1S/C34H35ClFN3O4S/c1-2-3-22-37-34(41)32(23-26-14-6-4-7-15-26)38(24-27-16-10-11-19-29(27)35)33(40)25-39(31-21-13-12-20-30(31)36)44(42,43)28-17-8-5-9-18-28/h4-21,32H,2-3,22-25H2,1H3,(H,37,41)/t32-/m0/s1. The van der Waals surface area contributed by atoms with Crippen LogP contribution in [-0.2, 0) is 32.6 Å². The number of anilines is 1. The van der Waals surface area contributed by atoms with Crippen molar-refractivity contribution in [3.8, 4) is 0 Å². The lowest BCUT2D eigenvalue weighted by Gasteiger charge is -2.34. The second kappa shape index (κ2) is 15.5. The number of hydrogen-bond donors (Lipinski definition) is 1. The van der Waals surface area contributed by atoms with E-state index in [1.807, 2.05) is 37.3 Å². The Balaban J connectivity index is 1.80. The quantitative estimate of drug-likeness (QED) is 0.166. The summed E-state index contributed by atoms with van der Waals surface area (Å²) in [5, 5.41) is 3.32. The van der Waals surface area contributed by atoms with Crippen molar-refractivity contribution in [1.82, 2.24) is 10.2 Å². The number of amides is 2. The van der Waals surface area contributed by atoms with E-state index in [1.54, 1.807) is 42.5 Å². The molecule has 0 saturated heterocycles.